The summed E-state index contributed by atoms with van der Waals surface area (Å²) in [7, 11) is 0. The number of ether oxygens (including phenoxy) is 1. The van der Waals surface area contributed by atoms with Crippen molar-refractivity contribution in [3.8, 4) is 0 Å². The molecule has 0 aliphatic carbocycles. The Morgan fingerprint density at radius 1 is 1.65 bits per heavy atom. The molecular weight excluding hydrogens is 218 g/mol. The number of nitrogens with one attached hydrogen (secondary N) is 1. The molecule has 1 fully saturated rings. The molecule has 5 nitrogen and oxygen atoms in total. The van der Waals surface area contributed by atoms with E-state index >= 15 is 0 Å². The van der Waals surface area contributed by atoms with Gasteiger partial charge in [0.2, 0.25) is 0 Å². The number of aromatic nitrogens is 2. The number of hydrogen-bond donors (Lipinski definition) is 2. The number of aliphatic hydroxyl groups is 1. The van der Waals surface area contributed by atoms with Crippen LogP contribution in [0.3, 0.4) is 0 Å². The molecule has 1 aliphatic heterocycles. The number of aliphatic hydroxyl groups excluding tert-OH is 1. The van der Waals surface area contributed by atoms with E-state index in [-0.39, 0.29) is 0 Å². The normalized spacial score (nSPS) is 26.2. The smallest absolute Gasteiger partial charge is 0.0860 e. The van der Waals surface area contributed by atoms with E-state index in [9.17, 15) is 5.11 Å². The first kappa shape index (κ1) is 12.5. The lowest BCUT2D eigenvalue weighted by Gasteiger charge is -2.17. The summed E-state index contributed by atoms with van der Waals surface area (Å²) in [6.07, 6.45) is 4.63. The van der Waals surface area contributed by atoms with Crippen molar-refractivity contribution in [2.24, 2.45) is 5.92 Å². The maximum Gasteiger partial charge on any atom is 0.0860 e. The Labute approximate surface area is 102 Å². The second-order valence-corrected chi connectivity index (χ2v) is 4.66. The second-order valence-electron chi connectivity index (χ2n) is 4.66. The van der Waals surface area contributed by atoms with Gasteiger partial charge in [-0.05, 0) is 25.3 Å². The van der Waals surface area contributed by atoms with Gasteiger partial charge in [0.1, 0.15) is 0 Å². The van der Waals surface area contributed by atoms with E-state index in [1.54, 1.807) is 10.9 Å². The van der Waals surface area contributed by atoms with Gasteiger partial charge in [-0.1, -0.05) is 0 Å². The molecule has 3 atom stereocenters. The van der Waals surface area contributed by atoms with Gasteiger partial charge in [0.15, 0.2) is 0 Å². The molecule has 17 heavy (non-hydrogen) atoms. The van der Waals surface area contributed by atoms with Crippen LogP contribution in [0.4, 0.5) is 0 Å². The third-order valence-corrected chi connectivity index (χ3v) is 3.28. The summed E-state index contributed by atoms with van der Waals surface area (Å²) in [4.78, 5) is 0. The molecule has 2 N–H and O–H groups in total. The van der Waals surface area contributed by atoms with Crippen molar-refractivity contribution >= 4 is 0 Å². The van der Waals surface area contributed by atoms with Gasteiger partial charge in [0.25, 0.3) is 0 Å². The minimum atomic E-state index is -0.396. The number of nitrogens with zero attached hydrogens (tertiary/aromatic N) is 2. The molecule has 0 bridgehead atoms. The van der Waals surface area contributed by atoms with E-state index in [0.29, 0.717) is 25.1 Å². The van der Waals surface area contributed by atoms with Crippen LogP contribution in [0.1, 0.15) is 13.3 Å². The fraction of sp³-hybridized carbons (Fsp3) is 0.750. The second kappa shape index (κ2) is 6.14. The number of hydrogen-bond acceptors (Lipinski definition) is 4. The number of rotatable bonds is 6. The topological polar surface area (TPSA) is 59.3 Å². The maximum absolute atomic E-state index is 9.81. The quantitative estimate of drug-likeness (QED) is 0.747. The zero-order valence-electron chi connectivity index (χ0n) is 10.2. The van der Waals surface area contributed by atoms with Crippen molar-refractivity contribution in [3.05, 3.63) is 18.5 Å². The Morgan fingerprint density at radius 2 is 2.53 bits per heavy atom. The van der Waals surface area contributed by atoms with E-state index in [1.165, 1.54) is 0 Å². The van der Waals surface area contributed by atoms with Gasteiger partial charge in [-0.2, -0.15) is 5.10 Å². The first-order valence-electron chi connectivity index (χ1n) is 6.23. The molecule has 0 spiro atoms. The van der Waals surface area contributed by atoms with Gasteiger partial charge in [-0.15, -0.1) is 0 Å². The molecular formula is C12H21N3O2. The largest absolute Gasteiger partial charge is 0.390 e. The molecule has 1 aliphatic rings. The summed E-state index contributed by atoms with van der Waals surface area (Å²) >= 11 is 0. The summed E-state index contributed by atoms with van der Waals surface area (Å²) in [5.74, 6) is 0.576. The molecule has 96 valence electrons. The van der Waals surface area contributed by atoms with Crippen LogP contribution in [0.25, 0.3) is 0 Å². The highest BCUT2D eigenvalue weighted by atomic mass is 16.5. The van der Waals surface area contributed by atoms with Crippen LogP contribution in [0.5, 0.6) is 0 Å². The van der Waals surface area contributed by atoms with Gasteiger partial charge in [-0.25, -0.2) is 0 Å². The van der Waals surface area contributed by atoms with Gasteiger partial charge in [-0.3, -0.25) is 4.68 Å². The lowest BCUT2D eigenvalue weighted by Crippen LogP contribution is -2.35. The molecule has 0 amide bonds. The maximum atomic E-state index is 9.81. The van der Waals surface area contributed by atoms with Crippen molar-refractivity contribution in [1.29, 1.82) is 0 Å². The summed E-state index contributed by atoms with van der Waals surface area (Å²) in [5.41, 5.74) is 0. The predicted molar refractivity (Wildman–Crippen MR) is 64.6 cm³/mol. The van der Waals surface area contributed by atoms with Crippen LogP contribution in [0, 0.1) is 5.92 Å². The van der Waals surface area contributed by atoms with Crippen LogP contribution in [-0.2, 0) is 11.3 Å². The molecule has 1 saturated heterocycles. The lowest BCUT2D eigenvalue weighted by molar-refractivity contribution is 0.102. The highest BCUT2D eigenvalue weighted by molar-refractivity contribution is 4.79. The molecule has 5 heteroatoms. The summed E-state index contributed by atoms with van der Waals surface area (Å²) < 4.78 is 7.24. The zero-order valence-corrected chi connectivity index (χ0v) is 10.2. The van der Waals surface area contributed by atoms with Gasteiger partial charge < -0.3 is 15.2 Å². The molecule has 1 aromatic heterocycles. The van der Waals surface area contributed by atoms with E-state index in [4.69, 9.17) is 4.74 Å². The van der Waals surface area contributed by atoms with Crippen molar-refractivity contribution in [1.82, 2.24) is 15.1 Å². The van der Waals surface area contributed by atoms with Crippen LogP contribution < -0.4 is 5.32 Å². The van der Waals surface area contributed by atoms with E-state index in [1.807, 2.05) is 12.3 Å². The van der Waals surface area contributed by atoms with Gasteiger partial charge >= 0.3 is 0 Å². The minimum absolute atomic E-state index is 0.339. The van der Waals surface area contributed by atoms with Gasteiger partial charge in [0, 0.05) is 32.1 Å². The van der Waals surface area contributed by atoms with E-state index in [0.717, 1.165) is 19.6 Å². The third kappa shape index (κ3) is 3.80. The lowest BCUT2D eigenvalue weighted by atomic mass is 10.0. The molecule has 1 aromatic rings. The highest BCUT2D eigenvalue weighted by Gasteiger charge is 2.23. The van der Waals surface area contributed by atoms with Gasteiger partial charge in [0.05, 0.1) is 18.8 Å². The SMILES string of the molecule is CC1OCCC1CNCC(O)Cn1cccn1. The predicted octanol–water partition coefficient (Wildman–Crippen LogP) is 0.259. The monoisotopic (exact) mass is 239 g/mol. The molecule has 3 unspecified atom stereocenters. The van der Waals surface area contributed by atoms with Crippen molar-refractivity contribution in [2.75, 3.05) is 19.7 Å². The van der Waals surface area contributed by atoms with Crippen LogP contribution >= 0.6 is 0 Å². The molecule has 2 rings (SSSR count). The average molecular weight is 239 g/mol. The minimum Gasteiger partial charge on any atom is -0.390 e. The van der Waals surface area contributed by atoms with E-state index < -0.39 is 6.10 Å². The third-order valence-electron chi connectivity index (χ3n) is 3.28. The summed E-state index contributed by atoms with van der Waals surface area (Å²) in [6.45, 7) is 5.03. The van der Waals surface area contributed by atoms with Crippen LogP contribution in [0.15, 0.2) is 18.5 Å². The standard InChI is InChI=1S/C12H21N3O2/c1-10-11(3-6-17-10)7-13-8-12(16)9-15-5-2-4-14-15/h2,4-5,10-13,16H,3,6-9H2,1H3. The summed E-state index contributed by atoms with van der Waals surface area (Å²) in [6, 6.07) is 1.86. The molecule has 0 aromatic carbocycles. The Kier molecular flexibility index (Phi) is 4.53. The van der Waals surface area contributed by atoms with Crippen LogP contribution in [-0.4, -0.2) is 46.8 Å². The fourth-order valence-electron chi connectivity index (χ4n) is 2.17. The molecule has 2 heterocycles. The average Bonchev–Trinajstić information content (AvgIpc) is 2.91. The first-order valence-corrected chi connectivity index (χ1v) is 6.23. The van der Waals surface area contributed by atoms with E-state index in [2.05, 4.69) is 17.3 Å². The zero-order chi connectivity index (χ0) is 12.1. The van der Waals surface area contributed by atoms with Crippen molar-refractivity contribution in [3.63, 3.8) is 0 Å². The Hall–Kier alpha value is -0.910. The molecule has 0 radical (unpaired) electrons. The summed E-state index contributed by atoms with van der Waals surface area (Å²) in [5, 5.41) is 17.2. The fourth-order valence-corrected chi connectivity index (χ4v) is 2.17. The van der Waals surface area contributed by atoms with Crippen molar-refractivity contribution < 1.29 is 9.84 Å². The Morgan fingerprint density at radius 3 is 3.18 bits per heavy atom. The Bertz CT molecular complexity index is 316. The Balaban J connectivity index is 1.61. The molecule has 0 saturated carbocycles. The first-order chi connectivity index (χ1) is 8.25. The van der Waals surface area contributed by atoms with Crippen LogP contribution in [0.2, 0.25) is 0 Å². The highest BCUT2D eigenvalue weighted by Crippen LogP contribution is 2.19. The van der Waals surface area contributed by atoms with Crippen molar-refractivity contribution in [2.45, 2.75) is 32.1 Å².